The largest absolute Gasteiger partial charge is 0.497 e. The van der Waals surface area contributed by atoms with E-state index in [4.69, 9.17) is 4.74 Å². The summed E-state index contributed by atoms with van der Waals surface area (Å²) in [5.41, 5.74) is 3.97. The molecule has 0 saturated heterocycles. The Kier molecular flexibility index (Phi) is 5.42. The quantitative estimate of drug-likeness (QED) is 0.702. The van der Waals surface area contributed by atoms with Crippen molar-refractivity contribution in [1.82, 2.24) is 0 Å². The number of nitrogens with zero attached hydrogens (tertiary/aromatic N) is 1. The Morgan fingerprint density at radius 3 is 2.19 bits per heavy atom. The molecule has 0 aromatic heterocycles. The van der Waals surface area contributed by atoms with Crippen molar-refractivity contribution in [2.24, 2.45) is 0 Å². The maximum Gasteiger partial charge on any atom is 0.272 e. The van der Waals surface area contributed by atoms with E-state index in [2.05, 4.69) is 0 Å². The Morgan fingerprint density at radius 1 is 0.963 bits per heavy atom. The van der Waals surface area contributed by atoms with Crippen LogP contribution in [0.25, 0.3) is 5.57 Å². The van der Waals surface area contributed by atoms with E-state index in [0.717, 1.165) is 16.7 Å². The molecular weight excluding hydrogens is 358 g/mol. The van der Waals surface area contributed by atoms with Gasteiger partial charge in [-0.2, -0.15) is 0 Å². The molecule has 1 aliphatic rings. The topological polar surface area (TPSA) is 46.6 Å². The van der Waals surface area contributed by atoms with Gasteiger partial charge >= 0.3 is 0 Å². The van der Waals surface area contributed by atoms with E-state index in [1.54, 1.807) is 31.4 Å². The number of carbonyl (C=O) groups excluding carboxylic acids is 2. The molecule has 0 N–H and O–H groups in total. The van der Waals surface area contributed by atoms with Crippen molar-refractivity contribution < 1.29 is 14.3 Å². The fraction of sp³-hybridized carbons (Fsp3) is 0.273. The van der Waals surface area contributed by atoms with Crippen LogP contribution in [0.3, 0.4) is 0 Å². The minimum absolute atomic E-state index is 0.188. The number of hydrogen-bond acceptors (Lipinski definition) is 4. The molecule has 27 heavy (non-hydrogen) atoms. The zero-order valence-electron chi connectivity index (χ0n) is 16.2. The number of anilines is 1. The average molecular weight is 381 g/mol. The zero-order chi connectivity index (χ0) is 19.7. The van der Waals surface area contributed by atoms with E-state index in [1.165, 1.54) is 16.7 Å². The number of amides is 2. The SMILES string of the molecule is COc1ccc(N2C(=O)C(SC(C)C)=C(c3ccc(C)cc3C)C2=O)cc1. The molecule has 1 aliphatic heterocycles. The highest BCUT2D eigenvalue weighted by atomic mass is 32.2. The number of methoxy groups -OCH3 is 1. The number of rotatable bonds is 5. The monoisotopic (exact) mass is 381 g/mol. The van der Waals surface area contributed by atoms with Crippen LogP contribution >= 0.6 is 11.8 Å². The molecule has 4 nitrogen and oxygen atoms in total. The zero-order valence-corrected chi connectivity index (χ0v) is 17.0. The van der Waals surface area contributed by atoms with Gasteiger partial charge in [-0.3, -0.25) is 9.59 Å². The molecule has 5 heteroatoms. The number of carbonyl (C=O) groups is 2. The molecule has 1 heterocycles. The van der Waals surface area contributed by atoms with Gasteiger partial charge in [-0.05, 0) is 49.2 Å². The van der Waals surface area contributed by atoms with Crippen LogP contribution in [0.15, 0.2) is 47.4 Å². The molecule has 2 aromatic carbocycles. The van der Waals surface area contributed by atoms with Crippen LogP contribution in [-0.2, 0) is 9.59 Å². The third-order valence-electron chi connectivity index (χ3n) is 4.38. The summed E-state index contributed by atoms with van der Waals surface area (Å²) < 4.78 is 5.17. The van der Waals surface area contributed by atoms with Crippen LogP contribution in [0, 0.1) is 13.8 Å². The fourth-order valence-electron chi connectivity index (χ4n) is 3.15. The van der Waals surface area contributed by atoms with Gasteiger partial charge in [-0.1, -0.05) is 37.6 Å². The van der Waals surface area contributed by atoms with E-state index >= 15 is 0 Å². The van der Waals surface area contributed by atoms with Crippen molar-refractivity contribution in [1.29, 1.82) is 0 Å². The highest BCUT2D eigenvalue weighted by Gasteiger charge is 2.40. The molecule has 0 radical (unpaired) electrons. The Labute approximate surface area is 164 Å². The van der Waals surface area contributed by atoms with Crippen molar-refractivity contribution in [2.45, 2.75) is 32.9 Å². The lowest BCUT2D eigenvalue weighted by atomic mass is 9.99. The summed E-state index contributed by atoms with van der Waals surface area (Å²) >= 11 is 1.44. The number of ether oxygens (including phenoxy) is 1. The third kappa shape index (κ3) is 3.65. The van der Waals surface area contributed by atoms with Crippen LogP contribution in [0.5, 0.6) is 5.75 Å². The van der Waals surface area contributed by atoms with Gasteiger partial charge in [0.15, 0.2) is 0 Å². The number of aryl methyl sites for hydroxylation is 2. The maximum atomic E-state index is 13.3. The predicted octanol–water partition coefficient (Wildman–Crippen LogP) is 4.74. The van der Waals surface area contributed by atoms with Crippen molar-refractivity contribution in [3.63, 3.8) is 0 Å². The van der Waals surface area contributed by atoms with Crippen molar-refractivity contribution in [3.05, 3.63) is 64.1 Å². The van der Waals surface area contributed by atoms with Gasteiger partial charge < -0.3 is 4.74 Å². The number of benzene rings is 2. The van der Waals surface area contributed by atoms with Gasteiger partial charge in [-0.25, -0.2) is 4.90 Å². The minimum atomic E-state index is -0.278. The summed E-state index contributed by atoms with van der Waals surface area (Å²) in [6.45, 7) is 8.02. The van der Waals surface area contributed by atoms with Crippen LogP contribution in [0.1, 0.15) is 30.5 Å². The second kappa shape index (κ2) is 7.61. The highest BCUT2D eigenvalue weighted by molar-refractivity contribution is 8.04. The summed E-state index contributed by atoms with van der Waals surface area (Å²) in [5, 5.41) is 0.188. The first-order valence-electron chi connectivity index (χ1n) is 8.85. The molecule has 2 amide bonds. The Morgan fingerprint density at radius 2 is 1.63 bits per heavy atom. The third-order valence-corrected chi connectivity index (χ3v) is 5.46. The molecular formula is C22H23NO3S. The Balaban J connectivity index is 2.11. The first-order valence-corrected chi connectivity index (χ1v) is 9.73. The lowest BCUT2D eigenvalue weighted by molar-refractivity contribution is -0.119. The van der Waals surface area contributed by atoms with Gasteiger partial charge in [0.25, 0.3) is 11.8 Å². The summed E-state index contributed by atoms with van der Waals surface area (Å²) in [7, 11) is 1.58. The van der Waals surface area contributed by atoms with Crippen LogP contribution in [0.2, 0.25) is 0 Å². The smallest absolute Gasteiger partial charge is 0.272 e. The Hall–Kier alpha value is -2.53. The average Bonchev–Trinajstić information content (AvgIpc) is 2.85. The molecule has 0 bridgehead atoms. The van der Waals surface area contributed by atoms with Crippen LogP contribution < -0.4 is 9.64 Å². The number of imide groups is 1. The van der Waals surface area contributed by atoms with Gasteiger partial charge in [0, 0.05) is 5.25 Å². The predicted molar refractivity (Wildman–Crippen MR) is 111 cm³/mol. The van der Waals surface area contributed by atoms with Crippen molar-refractivity contribution in [3.8, 4) is 5.75 Å². The first kappa shape index (κ1) is 19.2. The molecule has 0 atom stereocenters. The van der Waals surface area contributed by atoms with Gasteiger partial charge in [0.1, 0.15) is 5.75 Å². The molecule has 0 spiro atoms. The normalized spacial score (nSPS) is 14.5. The van der Waals surface area contributed by atoms with E-state index in [-0.39, 0.29) is 17.1 Å². The second-order valence-corrected chi connectivity index (χ2v) is 8.42. The van der Waals surface area contributed by atoms with Gasteiger partial charge in [0.2, 0.25) is 0 Å². The molecule has 3 rings (SSSR count). The van der Waals surface area contributed by atoms with E-state index in [1.807, 2.05) is 45.9 Å². The van der Waals surface area contributed by atoms with E-state index in [0.29, 0.717) is 21.9 Å². The van der Waals surface area contributed by atoms with Gasteiger partial charge in [-0.15, -0.1) is 11.8 Å². The van der Waals surface area contributed by atoms with Crippen LogP contribution in [-0.4, -0.2) is 24.2 Å². The standard InChI is InChI=1S/C22H23NO3S/c1-13(2)27-20-19(18-11-6-14(3)12-15(18)4)21(24)23(22(20)25)16-7-9-17(26-5)10-8-16/h6-13H,1-5H3. The number of thioether (sulfide) groups is 1. The maximum absolute atomic E-state index is 13.3. The highest BCUT2D eigenvalue weighted by Crippen LogP contribution is 2.41. The summed E-state index contributed by atoms with van der Waals surface area (Å²) in [4.78, 5) is 28.2. The van der Waals surface area contributed by atoms with E-state index < -0.39 is 0 Å². The lowest BCUT2D eigenvalue weighted by Gasteiger charge is -2.16. The summed E-state index contributed by atoms with van der Waals surface area (Å²) in [5.74, 6) is 0.135. The van der Waals surface area contributed by atoms with Crippen molar-refractivity contribution in [2.75, 3.05) is 12.0 Å². The number of hydrogen-bond donors (Lipinski definition) is 0. The minimum Gasteiger partial charge on any atom is -0.497 e. The molecule has 0 saturated carbocycles. The molecule has 0 aliphatic carbocycles. The summed E-state index contributed by atoms with van der Waals surface area (Å²) in [6, 6.07) is 12.9. The Bertz CT molecular complexity index is 929. The first-order chi connectivity index (χ1) is 12.8. The molecule has 0 unspecified atom stereocenters. The van der Waals surface area contributed by atoms with Gasteiger partial charge in [0.05, 0.1) is 23.3 Å². The van der Waals surface area contributed by atoms with Crippen LogP contribution in [0.4, 0.5) is 5.69 Å². The molecule has 2 aromatic rings. The molecule has 0 fully saturated rings. The summed E-state index contributed by atoms with van der Waals surface area (Å²) in [6.07, 6.45) is 0. The van der Waals surface area contributed by atoms with Crippen molar-refractivity contribution >= 4 is 34.8 Å². The molecule has 140 valence electrons. The lowest BCUT2D eigenvalue weighted by Crippen LogP contribution is -2.31. The van der Waals surface area contributed by atoms with E-state index in [9.17, 15) is 9.59 Å². The second-order valence-electron chi connectivity index (χ2n) is 6.83. The fourth-order valence-corrected chi connectivity index (χ4v) is 4.13.